The lowest BCUT2D eigenvalue weighted by Gasteiger charge is -2.34. The summed E-state index contributed by atoms with van der Waals surface area (Å²) in [5, 5.41) is 3.43. The first-order chi connectivity index (χ1) is 9.42. The zero-order chi connectivity index (χ0) is 15.2. The molecule has 1 atom stereocenters. The van der Waals surface area contributed by atoms with Crippen molar-refractivity contribution in [3.63, 3.8) is 0 Å². The number of esters is 1. The van der Waals surface area contributed by atoms with Crippen LogP contribution in [-0.2, 0) is 14.3 Å². The molecular weight excluding hydrogens is 254 g/mol. The molecule has 0 spiro atoms. The highest BCUT2D eigenvalue weighted by Crippen LogP contribution is 2.41. The molecular formula is C16H31NO3. The molecule has 4 heteroatoms. The number of ether oxygens (including phenoxy) is 2. The van der Waals surface area contributed by atoms with Gasteiger partial charge in [0.1, 0.15) is 5.54 Å². The average Bonchev–Trinajstić information content (AvgIpc) is 3.17. The first kappa shape index (κ1) is 17.4. The number of carbonyl (C=O) groups is 1. The van der Waals surface area contributed by atoms with Crippen molar-refractivity contribution < 1.29 is 14.3 Å². The van der Waals surface area contributed by atoms with Gasteiger partial charge in [0.05, 0.1) is 13.2 Å². The zero-order valence-corrected chi connectivity index (χ0v) is 13.7. The van der Waals surface area contributed by atoms with E-state index in [-0.39, 0.29) is 12.0 Å². The van der Waals surface area contributed by atoms with Gasteiger partial charge in [-0.15, -0.1) is 0 Å². The van der Waals surface area contributed by atoms with E-state index in [4.69, 9.17) is 9.47 Å². The Labute approximate surface area is 123 Å². The maximum atomic E-state index is 12.4. The van der Waals surface area contributed by atoms with Gasteiger partial charge in [0.15, 0.2) is 0 Å². The summed E-state index contributed by atoms with van der Waals surface area (Å²) in [6, 6.07) is 0.230. The summed E-state index contributed by atoms with van der Waals surface area (Å²) in [6.45, 7) is 11.9. The highest BCUT2D eigenvalue weighted by atomic mass is 16.5. The third-order valence-electron chi connectivity index (χ3n) is 3.63. The fourth-order valence-corrected chi connectivity index (χ4v) is 2.47. The Kier molecular flexibility index (Phi) is 6.96. The standard InChI is InChI=1S/C16H31NO3/c1-6-20-15(18)16(14-7-8-14,17-13(4)5)11-19-10-9-12(2)3/h12-14,17H,6-11H2,1-5H3. The van der Waals surface area contributed by atoms with Gasteiger partial charge < -0.3 is 9.47 Å². The van der Waals surface area contributed by atoms with Crippen LogP contribution in [0.2, 0.25) is 0 Å². The minimum atomic E-state index is -0.652. The second kappa shape index (κ2) is 7.99. The molecule has 1 aliphatic rings. The number of nitrogens with one attached hydrogen (secondary N) is 1. The van der Waals surface area contributed by atoms with E-state index in [1.54, 1.807) is 0 Å². The van der Waals surface area contributed by atoms with Crippen LogP contribution in [0.4, 0.5) is 0 Å². The molecule has 1 unspecified atom stereocenters. The molecule has 4 nitrogen and oxygen atoms in total. The molecule has 118 valence electrons. The van der Waals surface area contributed by atoms with Gasteiger partial charge in [0.25, 0.3) is 0 Å². The minimum Gasteiger partial charge on any atom is -0.465 e. The molecule has 1 aliphatic carbocycles. The van der Waals surface area contributed by atoms with Gasteiger partial charge in [0, 0.05) is 12.6 Å². The van der Waals surface area contributed by atoms with E-state index < -0.39 is 5.54 Å². The summed E-state index contributed by atoms with van der Waals surface area (Å²) in [6.07, 6.45) is 3.17. The fourth-order valence-electron chi connectivity index (χ4n) is 2.47. The van der Waals surface area contributed by atoms with Crippen LogP contribution in [0.1, 0.15) is 53.9 Å². The van der Waals surface area contributed by atoms with E-state index >= 15 is 0 Å². The Hall–Kier alpha value is -0.610. The molecule has 0 aromatic carbocycles. The molecule has 0 aromatic rings. The van der Waals surface area contributed by atoms with Crippen LogP contribution in [0.5, 0.6) is 0 Å². The maximum Gasteiger partial charge on any atom is 0.329 e. The van der Waals surface area contributed by atoms with Crippen LogP contribution in [0.3, 0.4) is 0 Å². The summed E-state index contributed by atoms with van der Waals surface area (Å²) in [5.74, 6) is 0.815. The Morgan fingerprint density at radius 2 is 1.95 bits per heavy atom. The SMILES string of the molecule is CCOC(=O)C(COCCC(C)C)(NC(C)C)C1CC1. The van der Waals surface area contributed by atoms with Crippen LogP contribution >= 0.6 is 0 Å². The largest absolute Gasteiger partial charge is 0.465 e. The van der Waals surface area contributed by atoms with Crippen molar-refractivity contribution in [3.05, 3.63) is 0 Å². The number of carbonyl (C=O) groups excluding carboxylic acids is 1. The highest BCUT2D eigenvalue weighted by molar-refractivity contribution is 5.82. The second-order valence-corrected chi connectivity index (χ2v) is 6.50. The second-order valence-electron chi connectivity index (χ2n) is 6.50. The molecule has 1 saturated carbocycles. The lowest BCUT2D eigenvalue weighted by atomic mass is 9.93. The summed E-state index contributed by atoms with van der Waals surface area (Å²) in [5.41, 5.74) is -0.652. The molecule has 0 heterocycles. The third-order valence-corrected chi connectivity index (χ3v) is 3.63. The van der Waals surface area contributed by atoms with Gasteiger partial charge in [-0.3, -0.25) is 5.32 Å². The smallest absolute Gasteiger partial charge is 0.329 e. The lowest BCUT2D eigenvalue weighted by molar-refractivity contribution is -0.156. The van der Waals surface area contributed by atoms with Crippen molar-refractivity contribution >= 4 is 5.97 Å². The molecule has 0 saturated heterocycles. The third kappa shape index (κ3) is 5.06. The van der Waals surface area contributed by atoms with E-state index in [9.17, 15) is 4.79 Å². The minimum absolute atomic E-state index is 0.152. The molecule has 1 rings (SSSR count). The number of hydrogen-bond acceptors (Lipinski definition) is 4. The highest BCUT2D eigenvalue weighted by Gasteiger charge is 2.52. The van der Waals surface area contributed by atoms with Gasteiger partial charge in [0.2, 0.25) is 0 Å². The van der Waals surface area contributed by atoms with Crippen LogP contribution < -0.4 is 5.32 Å². The molecule has 1 N–H and O–H groups in total. The summed E-state index contributed by atoms with van der Waals surface area (Å²) in [4.78, 5) is 12.4. The molecule has 0 radical (unpaired) electrons. The zero-order valence-electron chi connectivity index (χ0n) is 13.7. The van der Waals surface area contributed by atoms with Crippen molar-refractivity contribution in [2.45, 2.75) is 65.5 Å². The Morgan fingerprint density at radius 3 is 2.40 bits per heavy atom. The molecule has 0 bridgehead atoms. The van der Waals surface area contributed by atoms with Crippen LogP contribution in [0, 0.1) is 11.8 Å². The molecule has 0 aliphatic heterocycles. The van der Waals surface area contributed by atoms with E-state index in [2.05, 4.69) is 33.0 Å². The predicted molar refractivity (Wildman–Crippen MR) is 80.6 cm³/mol. The van der Waals surface area contributed by atoms with Crippen molar-refractivity contribution in [2.24, 2.45) is 11.8 Å². The normalized spacial score (nSPS) is 18.4. The lowest BCUT2D eigenvalue weighted by Crippen LogP contribution is -2.60. The first-order valence-corrected chi connectivity index (χ1v) is 7.95. The molecule has 20 heavy (non-hydrogen) atoms. The van der Waals surface area contributed by atoms with E-state index in [0.717, 1.165) is 19.3 Å². The van der Waals surface area contributed by atoms with E-state index in [0.29, 0.717) is 31.7 Å². The van der Waals surface area contributed by atoms with E-state index in [1.807, 2.05) is 6.92 Å². The number of hydrogen-bond donors (Lipinski definition) is 1. The van der Waals surface area contributed by atoms with Crippen molar-refractivity contribution in [1.29, 1.82) is 0 Å². The van der Waals surface area contributed by atoms with Gasteiger partial charge in [-0.1, -0.05) is 13.8 Å². The first-order valence-electron chi connectivity index (χ1n) is 7.95. The Bertz CT molecular complexity index is 300. The Morgan fingerprint density at radius 1 is 1.30 bits per heavy atom. The fraction of sp³-hybridized carbons (Fsp3) is 0.938. The van der Waals surface area contributed by atoms with Gasteiger partial charge >= 0.3 is 5.97 Å². The monoisotopic (exact) mass is 285 g/mol. The summed E-state index contributed by atoms with van der Waals surface area (Å²) in [7, 11) is 0. The molecule has 0 amide bonds. The van der Waals surface area contributed by atoms with Crippen molar-refractivity contribution in [3.8, 4) is 0 Å². The van der Waals surface area contributed by atoms with Crippen molar-refractivity contribution in [1.82, 2.24) is 5.32 Å². The molecule has 1 fully saturated rings. The topological polar surface area (TPSA) is 47.6 Å². The van der Waals surface area contributed by atoms with Crippen LogP contribution in [0.15, 0.2) is 0 Å². The summed E-state index contributed by atoms with van der Waals surface area (Å²) < 4.78 is 11.1. The van der Waals surface area contributed by atoms with Crippen molar-refractivity contribution in [2.75, 3.05) is 19.8 Å². The maximum absolute atomic E-state index is 12.4. The Balaban J connectivity index is 2.67. The molecule has 0 aromatic heterocycles. The number of rotatable bonds is 10. The van der Waals surface area contributed by atoms with Gasteiger partial charge in [-0.05, 0) is 51.9 Å². The van der Waals surface area contributed by atoms with Crippen LogP contribution in [0.25, 0.3) is 0 Å². The van der Waals surface area contributed by atoms with Gasteiger partial charge in [-0.2, -0.15) is 0 Å². The van der Waals surface area contributed by atoms with Gasteiger partial charge in [-0.25, -0.2) is 4.79 Å². The summed E-state index contributed by atoms with van der Waals surface area (Å²) >= 11 is 0. The average molecular weight is 285 g/mol. The predicted octanol–water partition coefficient (Wildman–Crippen LogP) is 2.76. The van der Waals surface area contributed by atoms with Crippen LogP contribution in [-0.4, -0.2) is 37.4 Å². The van der Waals surface area contributed by atoms with E-state index in [1.165, 1.54) is 0 Å². The quantitative estimate of drug-likeness (QED) is 0.495.